The Labute approximate surface area is 150 Å². The Kier molecular flexibility index (Phi) is 4.27. The summed E-state index contributed by atoms with van der Waals surface area (Å²) in [7, 11) is 0. The van der Waals surface area contributed by atoms with Crippen molar-refractivity contribution in [2.24, 2.45) is 5.92 Å². The van der Waals surface area contributed by atoms with Crippen molar-refractivity contribution in [3.05, 3.63) is 58.2 Å². The van der Waals surface area contributed by atoms with Gasteiger partial charge < -0.3 is 4.90 Å². The van der Waals surface area contributed by atoms with Gasteiger partial charge in [-0.05, 0) is 48.9 Å². The molecule has 1 saturated carbocycles. The molecule has 2 aliphatic rings. The van der Waals surface area contributed by atoms with E-state index in [1.807, 2.05) is 29.2 Å². The van der Waals surface area contributed by atoms with Crippen LogP contribution in [0.5, 0.6) is 0 Å². The molecule has 5 heteroatoms. The van der Waals surface area contributed by atoms with Crippen LogP contribution in [0.4, 0.5) is 10.6 Å². The van der Waals surface area contributed by atoms with Crippen molar-refractivity contribution in [1.82, 2.24) is 9.88 Å². The Balaban J connectivity index is 1.30. The van der Waals surface area contributed by atoms with Gasteiger partial charge in [-0.2, -0.15) is 0 Å². The zero-order valence-corrected chi connectivity index (χ0v) is 15.0. The van der Waals surface area contributed by atoms with Crippen LogP contribution in [0.15, 0.2) is 46.9 Å². The fourth-order valence-electron chi connectivity index (χ4n) is 3.16. The first kappa shape index (κ1) is 15.6. The summed E-state index contributed by atoms with van der Waals surface area (Å²) in [6.45, 7) is 1.60. The van der Waals surface area contributed by atoms with Gasteiger partial charge in [0.25, 0.3) is 0 Å². The standard InChI is InChI=1S/C19H20BrN3O/c20-16-5-2-1-4-15(16)10-13-11-23(12-13)19(24)22-18-7-3-6-17(21-18)14-8-9-14/h1-7,13-14H,8-12H2,(H,21,22,24). The summed E-state index contributed by atoms with van der Waals surface area (Å²) in [6.07, 6.45) is 3.43. The summed E-state index contributed by atoms with van der Waals surface area (Å²) in [6, 6.07) is 14.1. The molecule has 1 saturated heterocycles. The number of pyridine rings is 1. The van der Waals surface area contributed by atoms with Crippen LogP contribution in [0.2, 0.25) is 0 Å². The van der Waals surface area contributed by atoms with E-state index in [2.05, 4.69) is 44.4 Å². The first-order chi connectivity index (χ1) is 11.7. The molecule has 2 aromatic rings. The van der Waals surface area contributed by atoms with E-state index in [1.54, 1.807) is 0 Å². The number of likely N-dealkylation sites (tertiary alicyclic amines) is 1. The fourth-order valence-corrected chi connectivity index (χ4v) is 3.60. The molecule has 124 valence electrons. The highest BCUT2D eigenvalue weighted by Crippen LogP contribution is 2.39. The molecule has 0 radical (unpaired) electrons. The number of halogens is 1. The minimum Gasteiger partial charge on any atom is -0.324 e. The van der Waals surface area contributed by atoms with Crippen molar-refractivity contribution in [2.75, 3.05) is 18.4 Å². The maximum atomic E-state index is 12.3. The van der Waals surface area contributed by atoms with Gasteiger partial charge in [0, 0.05) is 29.2 Å². The number of carbonyl (C=O) groups is 1. The van der Waals surface area contributed by atoms with Gasteiger partial charge in [0.1, 0.15) is 5.82 Å². The zero-order valence-electron chi connectivity index (χ0n) is 13.4. The molecule has 2 amide bonds. The smallest absolute Gasteiger partial charge is 0.323 e. The molecule has 2 fully saturated rings. The largest absolute Gasteiger partial charge is 0.324 e. The average Bonchev–Trinajstić information content (AvgIpc) is 3.37. The van der Waals surface area contributed by atoms with E-state index < -0.39 is 0 Å². The highest BCUT2D eigenvalue weighted by atomic mass is 79.9. The fraction of sp³-hybridized carbons (Fsp3) is 0.368. The number of amides is 2. The van der Waals surface area contributed by atoms with Gasteiger partial charge in [0.2, 0.25) is 0 Å². The summed E-state index contributed by atoms with van der Waals surface area (Å²) in [4.78, 5) is 18.7. The van der Waals surface area contributed by atoms with Crippen molar-refractivity contribution in [3.63, 3.8) is 0 Å². The molecule has 24 heavy (non-hydrogen) atoms. The molecular formula is C19H20BrN3O. The monoisotopic (exact) mass is 385 g/mol. The Morgan fingerprint density at radius 2 is 1.96 bits per heavy atom. The number of hydrogen-bond donors (Lipinski definition) is 1. The second kappa shape index (κ2) is 6.55. The maximum Gasteiger partial charge on any atom is 0.323 e. The van der Waals surface area contributed by atoms with Crippen LogP contribution in [0, 0.1) is 5.92 Å². The Morgan fingerprint density at radius 3 is 2.71 bits per heavy atom. The molecule has 0 unspecified atom stereocenters. The second-order valence-corrected chi connectivity index (χ2v) is 7.57. The van der Waals surface area contributed by atoms with E-state index >= 15 is 0 Å². The molecule has 1 aromatic heterocycles. The number of nitrogens with zero attached hydrogens (tertiary/aromatic N) is 2. The van der Waals surface area contributed by atoms with Gasteiger partial charge in [-0.3, -0.25) is 5.32 Å². The predicted octanol–water partition coefficient (Wildman–Crippen LogP) is 4.43. The minimum atomic E-state index is -0.0428. The van der Waals surface area contributed by atoms with Crippen molar-refractivity contribution in [2.45, 2.75) is 25.2 Å². The molecule has 4 nitrogen and oxygen atoms in total. The number of aromatic nitrogens is 1. The summed E-state index contributed by atoms with van der Waals surface area (Å²) in [5.41, 5.74) is 2.41. The number of nitrogens with one attached hydrogen (secondary N) is 1. The van der Waals surface area contributed by atoms with Gasteiger partial charge in [-0.25, -0.2) is 9.78 Å². The number of rotatable bonds is 4. The quantitative estimate of drug-likeness (QED) is 0.845. The van der Waals surface area contributed by atoms with Crippen LogP contribution in [0.3, 0.4) is 0 Å². The first-order valence-electron chi connectivity index (χ1n) is 8.45. The summed E-state index contributed by atoms with van der Waals surface area (Å²) >= 11 is 3.59. The highest BCUT2D eigenvalue weighted by Gasteiger charge is 2.31. The normalized spacial score (nSPS) is 17.5. The van der Waals surface area contributed by atoms with Crippen LogP contribution >= 0.6 is 15.9 Å². The predicted molar refractivity (Wildman–Crippen MR) is 98.1 cm³/mol. The Bertz CT molecular complexity index is 754. The Morgan fingerprint density at radius 1 is 1.17 bits per heavy atom. The molecule has 0 atom stereocenters. The number of hydrogen-bond acceptors (Lipinski definition) is 2. The topological polar surface area (TPSA) is 45.2 Å². The van der Waals surface area contributed by atoms with E-state index in [0.717, 1.165) is 29.7 Å². The molecule has 1 aliphatic carbocycles. The lowest BCUT2D eigenvalue weighted by atomic mass is 9.92. The van der Waals surface area contributed by atoms with Crippen LogP contribution in [0.1, 0.15) is 30.0 Å². The lowest BCUT2D eigenvalue weighted by Gasteiger charge is -2.39. The third kappa shape index (κ3) is 3.46. The SMILES string of the molecule is O=C(Nc1cccc(C2CC2)n1)N1CC(Cc2ccccc2Br)C1. The van der Waals surface area contributed by atoms with Crippen molar-refractivity contribution in [1.29, 1.82) is 0 Å². The van der Waals surface area contributed by atoms with Crippen molar-refractivity contribution >= 4 is 27.8 Å². The third-order valence-corrected chi connectivity index (χ3v) is 5.49. The van der Waals surface area contributed by atoms with Crippen LogP contribution in [0.25, 0.3) is 0 Å². The highest BCUT2D eigenvalue weighted by molar-refractivity contribution is 9.10. The number of carbonyl (C=O) groups excluding carboxylic acids is 1. The van der Waals surface area contributed by atoms with Gasteiger partial charge in [-0.1, -0.05) is 40.2 Å². The van der Waals surface area contributed by atoms with Gasteiger partial charge in [0.15, 0.2) is 0 Å². The molecule has 4 rings (SSSR count). The van der Waals surface area contributed by atoms with Crippen LogP contribution < -0.4 is 5.32 Å². The molecule has 2 heterocycles. The van der Waals surface area contributed by atoms with Gasteiger partial charge >= 0.3 is 6.03 Å². The molecular weight excluding hydrogens is 366 g/mol. The molecule has 0 spiro atoms. The lowest BCUT2D eigenvalue weighted by molar-refractivity contribution is 0.131. The molecule has 1 aliphatic heterocycles. The summed E-state index contributed by atoms with van der Waals surface area (Å²) < 4.78 is 1.15. The summed E-state index contributed by atoms with van der Waals surface area (Å²) in [5, 5.41) is 2.93. The number of benzene rings is 1. The first-order valence-corrected chi connectivity index (χ1v) is 9.24. The maximum absolute atomic E-state index is 12.3. The minimum absolute atomic E-state index is 0.0428. The van der Waals surface area contributed by atoms with Crippen LogP contribution in [-0.4, -0.2) is 29.0 Å². The van der Waals surface area contributed by atoms with Crippen molar-refractivity contribution < 1.29 is 4.79 Å². The van der Waals surface area contributed by atoms with Gasteiger partial charge in [-0.15, -0.1) is 0 Å². The number of anilines is 1. The summed E-state index contributed by atoms with van der Waals surface area (Å²) in [5.74, 6) is 1.79. The number of urea groups is 1. The second-order valence-electron chi connectivity index (χ2n) is 6.72. The third-order valence-electron chi connectivity index (χ3n) is 4.71. The lowest BCUT2D eigenvalue weighted by Crippen LogP contribution is -2.52. The van der Waals surface area contributed by atoms with Crippen LogP contribution in [-0.2, 0) is 6.42 Å². The van der Waals surface area contributed by atoms with E-state index in [1.165, 1.54) is 18.4 Å². The Hall–Kier alpha value is -1.88. The molecule has 1 aromatic carbocycles. The van der Waals surface area contributed by atoms with Crippen molar-refractivity contribution in [3.8, 4) is 0 Å². The zero-order chi connectivity index (χ0) is 16.5. The van der Waals surface area contributed by atoms with E-state index in [0.29, 0.717) is 17.7 Å². The molecule has 1 N–H and O–H groups in total. The van der Waals surface area contributed by atoms with E-state index in [4.69, 9.17) is 0 Å². The average molecular weight is 386 g/mol. The van der Waals surface area contributed by atoms with E-state index in [9.17, 15) is 4.79 Å². The van der Waals surface area contributed by atoms with E-state index in [-0.39, 0.29) is 6.03 Å². The van der Waals surface area contributed by atoms with Gasteiger partial charge in [0.05, 0.1) is 0 Å². The molecule has 0 bridgehead atoms.